The zero-order valence-electron chi connectivity index (χ0n) is 12.5. The molecule has 0 amide bonds. The molecule has 0 spiro atoms. The van der Waals surface area contributed by atoms with Crippen molar-refractivity contribution in [1.82, 2.24) is 0 Å². The van der Waals surface area contributed by atoms with Crippen LogP contribution in [0, 0.1) is 0 Å². The summed E-state index contributed by atoms with van der Waals surface area (Å²) in [6, 6.07) is 26.0. The van der Waals surface area contributed by atoms with Crippen LogP contribution in [0.3, 0.4) is 0 Å². The minimum absolute atomic E-state index is 0.418. The van der Waals surface area contributed by atoms with Crippen molar-refractivity contribution in [2.24, 2.45) is 5.16 Å². The maximum absolute atomic E-state index is 6.06. The van der Waals surface area contributed by atoms with E-state index < -0.39 is 0 Å². The molecular weight excluding hydrogens is 306 g/mol. The summed E-state index contributed by atoms with van der Waals surface area (Å²) in [5.74, 6) is 0. The van der Waals surface area contributed by atoms with Crippen molar-refractivity contribution < 1.29 is 4.84 Å². The summed E-state index contributed by atoms with van der Waals surface area (Å²) in [7, 11) is 0. The first-order valence-corrected chi connectivity index (χ1v) is 7.75. The number of halogens is 1. The van der Waals surface area contributed by atoms with E-state index in [1.807, 2.05) is 54.6 Å². The lowest BCUT2D eigenvalue weighted by atomic mass is 10.0. The van der Waals surface area contributed by atoms with E-state index in [9.17, 15) is 0 Å². The van der Waals surface area contributed by atoms with Gasteiger partial charge in [0.25, 0.3) is 0 Å². The van der Waals surface area contributed by atoms with E-state index in [0.717, 1.165) is 11.1 Å². The molecule has 0 N–H and O–H groups in total. The van der Waals surface area contributed by atoms with Crippen LogP contribution < -0.4 is 0 Å². The molecule has 0 heterocycles. The molecule has 0 saturated carbocycles. The molecule has 0 aromatic heterocycles. The van der Waals surface area contributed by atoms with Crippen molar-refractivity contribution in [2.75, 3.05) is 0 Å². The van der Waals surface area contributed by atoms with Crippen LogP contribution in [0.15, 0.2) is 84.0 Å². The topological polar surface area (TPSA) is 21.6 Å². The Bertz CT molecular complexity index is 800. The maximum Gasteiger partial charge on any atom is 0.142 e. The maximum atomic E-state index is 6.06. The Balaban J connectivity index is 1.64. The highest BCUT2D eigenvalue weighted by atomic mass is 35.5. The summed E-state index contributed by atoms with van der Waals surface area (Å²) in [4.78, 5) is 5.38. The Morgan fingerprint density at radius 1 is 0.826 bits per heavy atom. The second-order valence-electron chi connectivity index (χ2n) is 5.10. The van der Waals surface area contributed by atoms with Gasteiger partial charge in [-0.3, -0.25) is 0 Å². The van der Waals surface area contributed by atoms with Crippen LogP contribution in [0.2, 0.25) is 5.02 Å². The third-order valence-corrected chi connectivity index (χ3v) is 3.78. The number of oxime groups is 1. The highest BCUT2D eigenvalue weighted by Crippen LogP contribution is 2.20. The molecule has 3 aromatic carbocycles. The van der Waals surface area contributed by atoms with Crippen LogP contribution in [0.4, 0.5) is 0 Å². The number of hydrogen-bond donors (Lipinski definition) is 0. The molecule has 0 atom stereocenters. The van der Waals surface area contributed by atoms with Crippen molar-refractivity contribution in [3.05, 3.63) is 95.0 Å². The highest BCUT2D eigenvalue weighted by molar-refractivity contribution is 6.33. The van der Waals surface area contributed by atoms with E-state index in [2.05, 4.69) is 29.4 Å². The molecular formula is C20H16ClNO. The SMILES string of the molecule is Clc1ccccc1C=NOCc1cccc(-c2ccccc2)c1. The Kier molecular flexibility index (Phi) is 5.07. The highest BCUT2D eigenvalue weighted by Gasteiger charge is 1.99. The first-order chi connectivity index (χ1) is 11.3. The van der Waals surface area contributed by atoms with Gasteiger partial charge in [0.1, 0.15) is 6.61 Å². The third kappa shape index (κ3) is 4.21. The fraction of sp³-hybridized carbons (Fsp3) is 0.0500. The van der Waals surface area contributed by atoms with Crippen molar-refractivity contribution in [1.29, 1.82) is 0 Å². The average Bonchev–Trinajstić information content (AvgIpc) is 2.61. The molecule has 3 aromatic rings. The third-order valence-electron chi connectivity index (χ3n) is 3.44. The lowest BCUT2D eigenvalue weighted by Gasteiger charge is -2.05. The van der Waals surface area contributed by atoms with Gasteiger partial charge in [0, 0.05) is 10.6 Å². The lowest BCUT2D eigenvalue weighted by Crippen LogP contribution is -1.89. The van der Waals surface area contributed by atoms with E-state index in [0.29, 0.717) is 11.6 Å². The summed E-state index contributed by atoms with van der Waals surface area (Å²) in [5.41, 5.74) is 4.27. The Labute approximate surface area is 141 Å². The fourth-order valence-electron chi connectivity index (χ4n) is 2.26. The number of rotatable bonds is 5. The molecule has 23 heavy (non-hydrogen) atoms. The van der Waals surface area contributed by atoms with Gasteiger partial charge in [-0.15, -0.1) is 0 Å². The van der Waals surface area contributed by atoms with Crippen LogP contribution in [-0.4, -0.2) is 6.21 Å². The smallest absolute Gasteiger partial charge is 0.142 e. The molecule has 0 aliphatic rings. The first kappa shape index (κ1) is 15.3. The van der Waals surface area contributed by atoms with E-state index >= 15 is 0 Å². The van der Waals surface area contributed by atoms with Gasteiger partial charge in [-0.1, -0.05) is 83.5 Å². The van der Waals surface area contributed by atoms with Crippen molar-refractivity contribution >= 4 is 17.8 Å². The van der Waals surface area contributed by atoms with E-state index in [-0.39, 0.29) is 0 Å². The minimum Gasteiger partial charge on any atom is -0.391 e. The lowest BCUT2D eigenvalue weighted by molar-refractivity contribution is 0.132. The largest absolute Gasteiger partial charge is 0.391 e. The van der Waals surface area contributed by atoms with E-state index in [1.165, 1.54) is 11.1 Å². The van der Waals surface area contributed by atoms with Gasteiger partial charge < -0.3 is 4.84 Å². The molecule has 0 aliphatic carbocycles. The van der Waals surface area contributed by atoms with Gasteiger partial charge in [0.05, 0.1) is 6.21 Å². The standard InChI is InChI=1S/C20H16ClNO/c21-20-12-5-4-10-19(20)14-22-23-15-16-7-6-11-18(13-16)17-8-2-1-3-9-17/h1-14H,15H2. The second kappa shape index (κ2) is 7.61. The molecule has 0 saturated heterocycles. The van der Waals surface area contributed by atoms with Crippen molar-refractivity contribution in [3.8, 4) is 11.1 Å². The summed E-state index contributed by atoms with van der Waals surface area (Å²) in [6.07, 6.45) is 1.63. The number of benzene rings is 3. The summed E-state index contributed by atoms with van der Waals surface area (Å²) in [6.45, 7) is 0.418. The van der Waals surface area contributed by atoms with E-state index in [4.69, 9.17) is 16.4 Å². The van der Waals surface area contributed by atoms with Gasteiger partial charge in [-0.2, -0.15) is 0 Å². The number of nitrogens with zero attached hydrogens (tertiary/aromatic N) is 1. The van der Waals surface area contributed by atoms with Gasteiger partial charge in [0.15, 0.2) is 0 Å². The zero-order valence-corrected chi connectivity index (χ0v) is 13.3. The molecule has 0 radical (unpaired) electrons. The van der Waals surface area contributed by atoms with Crippen LogP contribution >= 0.6 is 11.6 Å². The minimum atomic E-state index is 0.418. The predicted octanol–water partition coefficient (Wildman–Crippen LogP) is 5.56. The van der Waals surface area contributed by atoms with Crippen LogP contribution in [0.1, 0.15) is 11.1 Å². The monoisotopic (exact) mass is 321 g/mol. The molecule has 0 fully saturated rings. The fourth-order valence-corrected chi connectivity index (χ4v) is 2.44. The van der Waals surface area contributed by atoms with Gasteiger partial charge in [-0.25, -0.2) is 0 Å². The Hall–Kier alpha value is -2.58. The van der Waals surface area contributed by atoms with Crippen LogP contribution in [-0.2, 0) is 11.4 Å². The molecule has 3 heteroatoms. The zero-order chi connectivity index (χ0) is 15.9. The van der Waals surface area contributed by atoms with Crippen LogP contribution in [0.25, 0.3) is 11.1 Å². The molecule has 3 rings (SSSR count). The molecule has 0 bridgehead atoms. The normalized spacial score (nSPS) is 10.8. The Morgan fingerprint density at radius 2 is 1.57 bits per heavy atom. The summed E-state index contributed by atoms with van der Waals surface area (Å²) >= 11 is 6.06. The van der Waals surface area contributed by atoms with Gasteiger partial charge in [0.2, 0.25) is 0 Å². The average molecular weight is 322 g/mol. The first-order valence-electron chi connectivity index (χ1n) is 7.37. The van der Waals surface area contributed by atoms with Gasteiger partial charge in [-0.05, 0) is 28.8 Å². The second-order valence-corrected chi connectivity index (χ2v) is 5.50. The van der Waals surface area contributed by atoms with Crippen LogP contribution in [0.5, 0.6) is 0 Å². The molecule has 2 nitrogen and oxygen atoms in total. The van der Waals surface area contributed by atoms with E-state index in [1.54, 1.807) is 6.21 Å². The quantitative estimate of drug-likeness (QED) is 0.445. The molecule has 0 aliphatic heterocycles. The molecule has 114 valence electrons. The van der Waals surface area contributed by atoms with Crippen molar-refractivity contribution in [3.63, 3.8) is 0 Å². The predicted molar refractivity (Wildman–Crippen MR) is 95.7 cm³/mol. The Morgan fingerprint density at radius 3 is 2.39 bits per heavy atom. The number of hydrogen-bond acceptors (Lipinski definition) is 2. The van der Waals surface area contributed by atoms with Crippen molar-refractivity contribution in [2.45, 2.75) is 6.61 Å². The summed E-state index contributed by atoms with van der Waals surface area (Å²) in [5, 5.41) is 4.65. The molecule has 0 unspecified atom stereocenters. The summed E-state index contributed by atoms with van der Waals surface area (Å²) < 4.78 is 0. The van der Waals surface area contributed by atoms with Gasteiger partial charge >= 0.3 is 0 Å².